The van der Waals surface area contributed by atoms with Gasteiger partial charge in [-0.25, -0.2) is 14.3 Å². The molecule has 0 saturated heterocycles. The molecule has 0 radical (unpaired) electrons. The van der Waals surface area contributed by atoms with Gasteiger partial charge in [-0.1, -0.05) is 0 Å². The van der Waals surface area contributed by atoms with Gasteiger partial charge < -0.3 is 15.2 Å². The number of aliphatic carboxylic acids is 1. The molecule has 2 N–H and O–H groups in total. The number of carboxylic acid groups (broad SMARTS) is 1. The molecule has 0 atom stereocenters. The monoisotopic (exact) mass is 426 g/mol. The van der Waals surface area contributed by atoms with Gasteiger partial charge in [-0.2, -0.15) is 23.4 Å². The fourth-order valence-electron chi connectivity index (χ4n) is 3.07. The molecule has 4 rings (SSSR count). The highest BCUT2D eigenvalue weighted by molar-refractivity contribution is 5.73. The Morgan fingerprint density at radius 1 is 1.33 bits per heavy atom. The van der Waals surface area contributed by atoms with Gasteiger partial charge >= 0.3 is 12.1 Å². The highest BCUT2D eigenvalue weighted by Crippen LogP contribution is 2.35. The van der Waals surface area contributed by atoms with Gasteiger partial charge in [-0.15, -0.1) is 0 Å². The zero-order valence-corrected chi connectivity index (χ0v) is 16.5. The Bertz CT molecular complexity index is 1040. The van der Waals surface area contributed by atoms with Crippen LogP contribution in [0.5, 0.6) is 5.88 Å². The Morgan fingerprint density at radius 2 is 2.00 bits per heavy atom. The summed E-state index contributed by atoms with van der Waals surface area (Å²) in [6, 6.07) is 1.92. The van der Waals surface area contributed by atoms with E-state index in [-0.39, 0.29) is 11.6 Å². The summed E-state index contributed by atoms with van der Waals surface area (Å²) < 4.78 is 41.5. The Hall–Kier alpha value is -3.15. The van der Waals surface area contributed by atoms with Crippen molar-refractivity contribution in [3.8, 4) is 17.1 Å². The number of nitrogens with one attached hydrogen (secondary N) is 1. The van der Waals surface area contributed by atoms with E-state index in [9.17, 15) is 13.2 Å². The molecule has 1 fully saturated rings. The smallest absolute Gasteiger partial charge is 0.475 e. The number of rotatable bonds is 4. The molecule has 3 aromatic rings. The highest BCUT2D eigenvalue weighted by atomic mass is 19.4. The SMILES string of the molecule is CNC1(C)CC(Oc2nc(-c3cnn(C)c3)cn3nccc23)C1.O=C(O)C(F)(F)F. The average Bonchev–Trinajstić information content (AvgIpc) is 3.28. The third-order valence-corrected chi connectivity index (χ3v) is 4.84. The Labute approximate surface area is 169 Å². The van der Waals surface area contributed by atoms with Crippen molar-refractivity contribution in [1.82, 2.24) is 29.7 Å². The van der Waals surface area contributed by atoms with Crippen LogP contribution in [0.25, 0.3) is 16.8 Å². The lowest BCUT2D eigenvalue weighted by molar-refractivity contribution is -0.192. The number of carbonyl (C=O) groups is 1. The predicted octanol–water partition coefficient (Wildman–Crippen LogP) is 2.28. The summed E-state index contributed by atoms with van der Waals surface area (Å²) in [6.07, 6.45) is 4.44. The summed E-state index contributed by atoms with van der Waals surface area (Å²) in [5.41, 5.74) is 2.81. The number of nitrogens with zero attached hydrogens (tertiary/aromatic N) is 5. The molecule has 3 heterocycles. The van der Waals surface area contributed by atoms with Crippen molar-refractivity contribution in [3.63, 3.8) is 0 Å². The molecule has 12 heteroatoms. The molecule has 9 nitrogen and oxygen atoms in total. The van der Waals surface area contributed by atoms with Gasteiger partial charge in [0.2, 0.25) is 5.88 Å². The summed E-state index contributed by atoms with van der Waals surface area (Å²) in [7, 11) is 3.88. The van der Waals surface area contributed by atoms with Crippen LogP contribution in [0, 0.1) is 0 Å². The number of carboxylic acids is 1. The Balaban J connectivity index is 0.000000318. The average molecular weight is 426 g/mol. The highest BCUT2D eigenvalue weighted by Gasteiger charge is 2.41. The van der Waals surface area contributed by atoms with Crippen LogP contribution in [0.15, 0.2) is 30.9 Å². The second-order valence-corrected chi connectivity index (χ2v) is 7.26. The van der Waals surface area contributed by atoms with Crippen LogP contribution in [-0.2, 0) is 11.8 Å². The normalized spacial score (nSPS) is 20.9. The molecule has 0 bridgehead atoms. The number of alkyl halides is 3. The fraction of sp³-hybridized carbons (Fsp3) is 0.444. The molecule has 162 valence electrons. The molecule has 3 aromatic heterocycles. The third-order valence-electron chi connectivity index (χ3n) is 4.84. The standard InChI is InChI=1S/C16H20N6O.C2HF3O2/c1-16(17-2)6-12(7-16)23-15-14-4-5-18-22(14)10-13(20-15)11-8-19-21(3)9-11;3-2(4,5)1(6)7/h4-5,8-10,12,17H,6-7H2,1-3H3;(H,6,7). The van der Waals surface area contributed by atoms with Gasteiger partial charge in [0, 0.05) is 37.2 Å². The topological polar surface area (TPSA) is 107 Å². The Morgan fingerprint density at radius 3 is 2.53 bits per heavy atom. The van der Waals surface area contributed by atoms with E-state index in [0.717, 1.165) is 29.6 Å². The van der Waals surface area contributed by atoms with Crippen LogP contribution in [-0.4, -0.2) is 60.3 Å². The van der Waals surface area contributed by atoms with E-state index in [4.69, 9.17) is 19.6 Å². The van der Waals surface area contributed by atoms with E-state index < -0.39 is 12.1 Å². The summed E-state index contributed by atoms with van der Waals surface area (Å²) in [4.78, 5) is 13.6. The maximum absolute atomic E-state index is 10.6. The molecule has 30 heavy (non-hydrogen) atoms. The summed E-state index contributed by atoms with van der Waals surface area (Å²) in [5.74, 6) is -2.13. The first-order valence-corrected chi connectivity index (χ1v) is 9.00. The maximum atomic E-state index is 10.6. The molecule has 0 unspecified atom stereocenters. The predicted molar refractivity (Wildman–Crippen MR) is 100.0 cm³/mol. The summed E-state index contributed by atoms with van der Waals surface area (Å²) >= 11 is 0. The number of hydrogen-bond acceptors (Lipinski definition) is 6. The lowest BCUT2D eigenvalue weighted by Gasteiger charge is -2.44. The first-order valence-electron chi connectivity index (χ1n) is 9.00. The minimum Gasteiger partial charge on any atom is -0.475 e. The molecule has 0 aliphatic heterocycles. The minimum absolute atomic E-state index is 0.169. The van der Waals surface area contributed by atoms with Crippen molar-refractivity contribution < 1.29 is 27.8 Å². The molecule has 0 amide bonds. The first-order chi connectivity index (χ1) is 14.0. The van der Waals surface area contributed by atoms with Crippen LogP contribution < -0.4 is 10.1 Å². The van der Waals surface area contributed by atoms with E-state index >= 15 is 0 Å². The fourth-order valence-corrected chi connectivity index (χ4v) is 3.07. The van der Waals surface area contributed by atoms with Crippen LogP contribution in [0.3, 0.4) is 0 Å². The van der Waals surface area contributed by atoms with E-state index in [1.165, 1.54) is 0 Å². The number of ether oxygens (including phenoxy) is 1. The van der Waals surface area contributed by atoms with Gasteiger partial charge in [0.05, 0.1) is 24.3 Å². The molecule has 1 aliphatic carbocycles. The molecular weight excluding hydrogens is 405 g/mol. The third kappa shape index (κ3) is 4.70. The van der Waals surface area contributed by atoms with Gasteiger partial charge in [-0.05, 0) is 20.0 Å². The summed E-state index contributed by atoms with van der Waals surface area (Å²) in [5, 5.41) is 19.0. The van der Waals surface area contributed by atoms with Gasteiger partial charge in [0.15, 0.2) is 0 Å². The maximum Gasteiger partial charge on any atom is 0.490 e. The second kappa shape index (κ2) is 7.94. The molecule has 0 aromatic carbocycles. The van der Waals surface area contributed by atoms with Crippen molar-refractivity contribution >= 4 is 11.5 Å². The minimum atomic E-state index is -5.08. The lowest BCUT2D eigenvalue weighted by Crippen LogP contribution is -2.55. The van der Waals surface area contributed by atoms with Crippen molar-refractivity contribution in [3.05, 3.63) is 30.9 Å². The lowest BCUT2D eigenvalue weighted by atomic mass is 9.76. The van der Waals surface area contributed by atoms with E-state index in [1.807, 2.05) is 32.6 Å². The van der Waals surface area contributed by atoms with Crippen LogP contribution >= 0.6 is 0 Å². The van der Waals surface area contributed by atoms with E-state index in [2.05, 4.69) is 22.4 Å². The zero-order valence-electron chi connectivity index (χ0n) is 16.5. The van der Waals surface area contributed by atoms with E-state index in [1.54, 1.807) is 21.6 Å². The molecule has 1 saturated carbocycles. The van der Waals surface area contributed by atoms with E-state index in [0.29, 0.717) is 5.88 Å². The zero-order chi connectivity index (χ0) is 22.1. The van der Waals surface area contributed by atoms with Crippen molar-refractivity contribution in [2.45, 2.75) is 37.6 Å². The number of aryl methyl sites for hydroxylation is 1. The second-order valence-electron chi connectivity index (χ2n) is 7.26. The van der Waals surface area contributed by atoms with Crippen molar-refractivity contribution in [2.75, 3.05) is 7.05 Å². The number of halogens is 3. The number of hydrogen-bond donors (Lipinski definition) is 2. The van der Waals surface area contributed by atoms with Crippen LogP contribution in [0.2, 0.25) is 0 Å². The largest absolute Gasteiger partial charge is 0.490 e. The molecule has 1 aliphatic rings. The van der Waals surface area contributed by atoms with Crippen LogP contribution in [0.4, 0.5) is 13.2 Å². The number of fused-ring (bicyclic) bond motifs is 1. The Kier molecular flexibility index (Phi) is 5.70. The van der Waals surface area contributed by atoms with Crippen molar-refractivity contribution in [1.29, 1.82) is 0 Å². The quantitative estimate of drug-likeness (QED) is 0.659. The van der Waals surface area contributed by atoms with Gasteiger partial charge in [0.25, 0.3) is 0 Å². The van der Waals surface area contributed by atoms with Gasteiger partial charge in [-0.3, -0.25) is 4.68 Å². The van der Waals surface area contributed by atoms with Gasteiger partial charge in [0.1, 0.15) is 11.6 Å². The summed E-state index contributed by atoms with van der Waals surface area (Å²) in [6.45, 7) is 2.21. The van der Waals surface area contributed by atoms with Crippen LogP contribution in [0.1, 0.15) is 19.8 Å². The first kappa shape index (κ1) is 21.6. The number of aromatic nitrogens is 5. The molecular formula is C18H21F3N6O3. The molecule has 0 spiro atoms. The van der Waals surface area contributed by atoms with Crippen molar-refractivity contribution in [2.24, 2.45) is 7.05 Å².